The molecule has 0 fully saturated rings. The monoisotopic (exact) mass is 431 g/mol. The van der Waals surface area contributed by atoms with Gasteiger partial charge in [0.1, 0.15) is 0 Å². The van der Waals surface area contributed by atoms with E-state index in [9.17, 15) is 9.90 Å². The molecule has 0 aliphatic rings. The Morgan fingerprint density at radius 3 is 2.69 bits per heavy atom. The standard InChI is InChI=1S/C21H19Cl2N3O3/c1-2-29-18-10-17(22)20(23)16(21(18)28)11-25-26-19(27)12-24-15-8-7-13-5-3-4-6-14(13)9-15/h3-11,24,28H,2,12H2,1H3,(H,26,27)/b25-11-. The second kappa shape index (κ2) is 9.49. The number of carbonyl (C=O) groups excluding carboxylic acids is 1. The molecule has 0 atom stereocenters. The summed E-state index contributed by atoms with van der Waals surface area (Å²) in [5.74, 6) is -0.377. The van der Waals surface area contributed by atoms with Gasteiger partial charge in [-0.2, -0.15) is 5.10 Å². The van der Waals surface area contributed by atoms with E-state index in [0.717, 1.165) is 16.5 Å². The van der Waals surface area contributed by atoms with E-state index in [2.05, 4.69) is 15.8 Å². The number of nitrogens with one attached hydrogen (secondary N) is 2. The molecule has 0 heterocycles. The Morgan fingerprint density at radius 2 is 1.93 bits per heavy atom. The number of hydrogen-bond acceptors (Lipinski definition) is 5. The predicted octanol–water partition coefficient (Wildman–Crippen LogP) is 4.81. The molecule has 150 valence electrons. The van der Waals surface area contributed by atoms with Crippen LogP contribution in [0.25, 0.3) is 10.8 Å². The fraction of sp³-hybridized carbons (Fsp3) is 0.143. The largest absolute Gasteiger partial charge is 0.504 e. The number of amides is 1. The highest BCUT2D eigenvalue weighted by molar-refractivity contribution is 6.43. The van der Waals surface area contributed by atoms with Crippen LogP contribution < -0.4 is 15.5 Å². The fourth-order valence-electron chi connectivity index (χ4n) is 2.69. The predicted molar refractivity (Wildman–Crippen MR) is 117 cm³/mol. The van der Waals surface area contributed by atoms with Crippen molar-refractivity contribution in [1.29, 1.82) is 0 Å². The summed E-state index contributed by atoms with van der Waals surface area (Å²) < 4.78 is 5.31. The van der Waals surface area contributed by atoms with Crippen LogP contribution in [0.4, 0.5) is 5.69 Å². The van der Waals surface area contributed by atoms with Crippen LogP contribution in [0, 0.1) is 0 Å². The van der Waals surface area contributed by atoms with E-state index in [1.54, 1.807) is 6.92 Å². The van der Waals surface area contributed by atoms with Crippen molar-refractivity contribution in [3.05, 3.63) is 64.1 Å². The summed E-state index contributed by atoms with van der Waals surface area (Å²) in [5, 5.41) is 19.6. The van der Waals surface area contributed by atoms with Crippen LogP contribution in [0.1, 0.15) is 12.5 Å². The molecular formula is C21H19Cl2N3O3. The first-order valence-corrected chi connectivity index (χ1v) is 9.63. The molecule has 0 bridgehead atoms. The number of aromatic hydroxyl groups is 1. The van der Waals surface area contributed by atoms with Gasteiger partial charge in [0.25, 0.3) is 5.91 Å². The molecule has 0 aromatic heterocycles. The maximum Gasteiger partial charge on any atom is 0.259 e. The molecule has 3 aromatic rings. The third-order valence-electron chi connectivity index (χ3n) is 4.08. The topological polar surface area (TPSA) is 83.0 Å². The lowest BCUT2D eigenvalue weighted by Gasteiger charge is -2.11. The molecule has 0 unspecified atom stereocenters. The molecule has 3 rings (SSSR count). The Bertz CT molecular complexity index is 1070. The lowest BCUT2D eigenvalue weighted by atomic mass is 10.1. The number of nitrogens with zero attached hydrogens (tertiary/aromatic N) is 1. The minimum absolute atomic E-state index is 0.0230. The molecule has 0 radical (unpaired) electrons. The minimum Gasteiger partial charge on any atom is -0.504 e. The van der Waals surface area contributed by atoms with Crippen molar-refractivity contribution in [3.8, 4) is 11.5 Å². The number of carbonyl (C=O) groups is 1. The lowest BCUT2D eigenvalue weighted by molar-refractivity contribution is -0.119. The normalized spacial score (nSPS) is 11.0. The molecule has 8 heteroatoms. The molecule has 0 aliphatic heterocycles. The van der Waals surface area contributed by atoms with Crippen LogP contribution in [0.15, 0.2) is 53.6 Å². The van der Waals surface area contributed by atoms with Gasteiger partial charge < -0.3 is 15.2 Å². The molecule has 0 spiro atoms. The number of ether oxygens (including phenoxy) is 1. The van der Waals surface area contributed by atoms with Crippen LogP contribution in [0.2, 0.25) is 10.0 Å². The van der Waals surface area contributed by atoms with E-state index in [-0.39, 0.29) is 39.6 Å². The highest BCUT2D eigenvalue weighted by atomic mass is 35.5. The van der Waals surface area contributed by atoms with Gasteiger partial charge in [-0.1, -0.05) is 53.5 Å². The number of phenolic OH excluding ortho intramolecular Hbond substituents is 1. The number of hydrogen-bond donors (Lipinski definition) is 3. The second-order valence-electron chi connectivity index (χ2n) is 6.07. The average Bonchev–Trinajstić information content (AvgIpc) is 2.73. The number of halogens is 2. The van der Waals surface area contributed by atoms with E-state index in [1.807, 2.05) is 42.5 Å². The van der Waals surface area contributed by atoms with E-state index >= 15 is 0 Å². The summed E-state index contributed by atoms with van der Waals surface area (Å²) in [6.45, 7) is 2.15. The summed E-state index contributed by atoms with van der Waals surface area (Å²) in [4.78, 5) is 12.0. The maximum absolute atomic E-state index is 12.0. The van der Waals surface area contributed by atoms with Crippen molar-refractivity contribution in [2.24, 2.45) is 5.10 Å². The van der Waals surface area contributed by atoms with E-state index < -0.39 is 0 Å². The van der Waals surface area contributed by atoms with Gasteiger partial charge in [0.05, 0.1) is 35.0 Å². The smallest absolute Gasteiger partial charge is 0.259 e. The van der Waals surface area contributed by atoms with Crippen LogP contribution in [0.5, 0.6) is 11.5 Å². The Balaban J connectivity index is 1.62. The zero-order valence-corrected chi connectivity index (χ0v) is 17.1. The highest BCUT2D eigenvalue weighted by Gasteiger charge is 2.15. The molecular weight excluding hydrogens is 413 g/mol. The molecule has 1 amide bonds. The van der Waals surface area contributed by atoms with Crippen molar-refractivity contribution in [2.75, 3.05) is 18.5 Å². The molecule has 29 heavy (non-hydrogen) atoms. The first kappa shape index (κ1) is 20.8. The van der Waals surface area contributed by atoms with Crippen molar-refractivity contribution in [2.45, 2.75) is 6.92 Å². The summed E-state index contributed by atoms with van der Waals surface area (Å²) in [7, 11) is 0. The fourth-order valence-corrected chi connectivity index (χ4v) is 3.08. The van der Waals surface area contributed by atoms with Crippen LogP contribution in [0.3, 0.4) is 0 Å². The molecule has 3 aromatic carbocycles. The zero-order valence-electron chi connectivity index (χ0n) is 15.6. The molecule has 0 saturated heterocycles. The van der Waals surface area contributed by atoms with Gasteiger partial charge in [0, 0.05) is 11.8 Å². The number of benzene rings is 3. The van der Waals surface area contributed by atoms with Crippen LogP contribution >= 0.6 is 23.2 Å². The Hall–Kier alpha value is -2.96. The van der Waals surface area contributed by atoms with Gasteiger partial charge >= 0.3 is 0 Å². The average molecular weight is 432 g/mol. The number of hydrazone groups is 1. The van der Waals surface area contributed by atoms with Gasteiger partial charge in [-0.15, -0.1) is 0 Å². The Labute approximate surface area is 178 Å². The highest BCUT2D eigenvalue weighted by Crippen LogP contribution is 2.39. The van der Waals surface area contributed by atoms with Crippen LogP contribution in [-0.4, -0.2) is 30.4 Å². The third kappa shape index (κ3) is 5.10. The molecule has 3 N–H and O–H groups in total. The first-order chi connectivity index (χ1) is 14.0. The summed E-state index contributed by atoms with van der Waals surface area (Å²) >= 11 is 12.2. The van der Waals surface area contributed by atoms with E-state index in [4.69, 9.17) is 27.9 Å². The van der Waals surface area contributed by atoms with Crippen LogP contribution in [-0.2, 0) is 4.79 Å². The van der Waals surface area contributed by atoms with Gasteiger partial charge in [0.2, 0.25) is 0 Å². The minimum atomic E-state index is -0.364. The lowest BCUT2D eigenvalue weighted by Crippen LogP contribution is -2.25. The van der Waals surface area contributed by atoms with Crippen molar-refractivity contribution in [1.82, 2.24) is 5.43 Å². The maximum atomic E-state index is 12.0. The first-order valence-electron chi connectivity index (χ1n) is 8.88. The zero-order chi connectivity index (χ0) is 20.8. The van der Waals surface area contributed by atoms with E-state index in [1.165, 1.54) is 12.3 Å². The number of rotatable bonds is 7. The number of phenols is 1. The number of anilines is 1. The molecule has 0 saturated carbocycles. The Kier molecular flexibility index (Phi) is 6.80. The van der Waals surface area contributed by atoms with Crippen molar-refractivity contribution in [3.63, 3.8) is 0 Å². The van der Waals surface area contributed by atoms with E-state index in [0.29, 0.717) is 6.61 Å². The van der Waals surface area contributed by atoms with Gasteiger partial charge in [-0.3, -0.25) is 4.79 Å². The summed E-state index contributed by atoms with van der Waals surface area (Å²) in [6.07, 6.45) is 1.22. The second-order valence-corrected chi connectivity index (χ2v) is 6.86. The Morgan fingerprint density at radius 1 is 1.17 bits per heavy atom. The van der Waals surface area contributed by atoms with Crippen molar-refractivity contribution < 1.29 is 14.6 Å². The quantitative estimate of drug-likeness (QED) is 0.370. The SMILES string of the molecule is CCOc1cc(Cl)c(Cl)c(/C=N\NC(=O)CNc2ccc3ccccc3c2)c1O. The molecule has 0 aliphatic carbocycles. The third-order valence-corrected chi connectivity index (χ3v) is 4.88. The summed E-state index contributed by atoms with van der Waals surface area (Å²) in [6, 6.07) is 15.2. The van der Waals surface area contributed by atoms with Gasteiger partial charge in [-0.25, -0.2) is 5.43 Å². The van der Waals surface area contributed by atoms with Crippen molar-refractivity contribution >= 4 is 51.8 Å². The van der Waals surface area contributed by atoms with Gasteiger partial charge in [0.15, 0.2) is 11.5 Å². The van der Waals surface area contributed by atoms with Gasteiger partial charge in [-0.05, 0) is 29.8 Å². The molecule has 6 nitrogen and oxygen atoms in total. The number of fused-ring (bicyclic) bond motifs is 1. The summed E-state index contributed by atoms with van der Waals surface area (Å²) in [5.41, 5.74) is 3.36.